The van der Waals surface area contributed by atoms with Crippen LogP contribution < -0.4 is 5.32 Å². The van der Waals surface area contributed by atoms with Gasteiger partial charge in [-0.25, -0.2) is 0 Å². The van der Waals surface area contributed by atoms with Gasteiger partial charge in [0.1, 0.15) is 0 Å². The summed E-state index contributed by atoms with van der Waals surface area (Å²) in [4.78, 5) is 3.96. The summed E-state index contributed by atoms with van der Waals surface area (Å²) in [5.41, 5.74) is 1.12. The van der Waals surface area contributed by atoms with Crippen molar-refractivity contribution in [1.29, 1.82) is 0 Å². The molecule has 0 fully saturated rings. The molecular weight excluding hydrogens is 208 g/mol. The minimum absolute atomic E-state index is 0.550. The Labute approximate surface area is 97.1 Å². The normalized spacial score (nSPS) is 12.7. The molecule has 1 N–H and O–H groups in total. The van der Waals surface area contributed by atoms with Crippen LogP contribution in [-0.4, -0.2) is 11.0 Å². The van der Waals surface area contributed by atoms with Gasteiger partial charge in [0.05, 0.1) is 5.02 Å². The molecule has 0 aliphatic carbocycles. The molecule has 1 aromatic heterocycles. The van der Waals surface area contributed by atoms with E-state index in [2.05, 4.69) is 24.1 Å². The quantitative estimate of drug-likeness (QED) is 0.804. The maximum Gasteiger partial charge on any atom is 0.0634 e. The first-order valence-electron chi connectivity index (χ1n) is 5.55. The molecule has 3 heteroatoms. The maximum absolute atomic E-state index is 6.01. The third-order valence-electron chi connectivity index (χ3n) is 2.49. The zero-order valence-corrected chi connectivity index (χ0v) is 10.2. The van der Waals surface area contributed by atoms with E-state index in [4.69, 9.17) is 11.6 Å². The summed E-state index contributed by atoms with van der Waals surface area (Å²) in [5.74, 6) is 0. The summed E-state index contributed by atoms with van der Waals surface area (Å²) in [7, 11) is 0. The Kier molecular flexibility index (Phi) is 5.66. The Hall–Kier alpha value is -0.600. The van der Waals surface area contributed by atoms with Crippen LogP contribution in [-0.2, 0) is 6.54 Å². The summed E-state index contributed by atoms with van der Waals surface area (Å²) in [6.45, 7) is 5.25. The first-order chi connectivity index (χ1) is 7.24. The third kappa shape index (κ3) is 4.63. The molecular formula is C12H19ClN2. The number of halogens is 1. The number of nitrogens with zero attached hydrogens (tertiary/aromatic N) is 1. The van der Waals surface area contributed by atoms with E-state index >= 15 is 0 Å². The molecule has 0 radical (unpaired) electrons. The Balaban J connectivity index is 2.33. The molecule has 84 valence electrons. The van der Waals surface area contributed by atoms with E-state index in [0.29, 0.717) is 6.04 Å². The van der Waals surface area contributed by atoms with Gasteiger partial charge in [0.15, 0.2) is 0 Å². The summed E-state index contributed by atoms with van der Waals surface area (Å²) in [6.07, 6.45) is 7.22. The Morgan fingerprint density at radius 2 is 2.33 bits per heavy atom. The highest BCUT2D eigenvalue weighted by Gasteiger charge is 2.03. The van der Waals surface area contributed by atoms with Crippen molar-refractivity contribution in [3.63, 3.8) is 0 Å². The molecule has 0 bridgehead atoms. The van der Waals surface area contributed by atoms with E-state index in [9.17, 15) is 0 Å². The van der Waals surface area contributed by atoms with Gasteiger partial charge in [-0.3, -0.25) is 4.98 Å². The molecule has 1 aromatic rings. The van der Waals surface area contributed by atoms with Crippen LogP contribution in [0.5, 0.6) is 0 Å². The van der Waals surface area contributed by atoms with Crippen LogP contribution in [0.1, 0.15) is 38.7 Å². The molecule has 2 nitrogen and oxygen atoms in total. The number of nitrogens with one attached hydrogen (secondary N) is 1. The van der Waals surface area contributed by atoms with Crippen LogP contribution in [0.25, 0.3) is 0 Å². The van der Waals surface area contributed by atoms with E-state index in [1.54, 1.807) is 12.4 Å². The van der Waals surface area contributed by atoms with Crippen LogP contribution in [0.4, 0.5) is 0 Å². The van der Waals surface area contributed by atoms with Crippen molar-refractivity contribution in [3.8, 4) is 0 Å². The van der Waals surface area contributed by atoms with Crippen molar-refractivity contribution >= 4 is 11.6 Å². The average Bonchev–Trinajstić information content (AvgIpc) is 2.25. The standard InChI is InChI=1S/C12H19ClN2/c1-3-4-5-10(2)15-8-11-6-7-14-9-12(11)13/h6-7,9-10,15H,3-5,8H2,1-2H3. The number of pyridine rings is 1. The zero-order chi connectivity index (χ0) is 11.1. The lowest BCUT2D eigenvalue weighted by Crippen LogP contribution is -2.25. The first kappa shape index (κ1) is 12.5. The van der Waals surface area contributed by atoms with E-state index in [1.807, 2.05) is 6.07 Å². The molecule has 1 rings (SSSR count). The highest BCUT2D eigenvalue weighted by atomic mass is 35.5. The van der Waals surface area contributed by atoms with Crippen LogP contribution in [0.2, 0.25) is 5.02 Å². The highest BCUT2D eigenvalue weighted by molar-refractivity contribution is 6.31. The SMILES string of the molecule is CCCCC(C)NCc1ccncc1Cl. The third-order valence-corrected chi connectivity index (χ3v) is 2.83. The van der Waals surface area contributed by atoms with Gasteiger partial charge in [0.25, 0.3) is 0 Å². The number of rotatable bonds is 6. The van der Waals surface area contributed by atoms with Crippen LogP contribution in [0, 0.1) is 0 Å². The minimum Gasteiger partial charge on any atom is -0.310 e. The summed E-state index contributed by atoms with van der Waals surface area (Å²) in [5, 5.41) is 4.21. The maximum atomic E-state index is 6.01. The first-order valence-corrected chi connectivity index (χ1v) is 5.93. The lowest BCUT2D eigenvalue weighted by Gasteiger charge is -2.13. The Morgan fingerprint density at radius 1 is 1.53 bits per heavy atom. The second-order valence-corrected chi connectivity index (χ2v) is 4.30. The number of unbranched alkanes of at least 4 members (excludes halogenated alkanes) is 1. The molecule has 1 heterocycles. The molecule has 0 amide bonds. The fraction of sp³-hybridized carbons (Fsp3) is 0.583. The van der Waals surface area contributed by atoms with Crippen LogP contribution in [0.15, 0.2) is 18.5 Å². The second-order valence-electron chi connectivity index (χ2n) is 3.89. The Morgan fingerprint density at radius 3 is 3.00 bits per heavy atom. The van der Waals surface area contributed by atoms with E-state index in [0.717, 1.165) is 17.1 Å². The number of hydrogen-bond acceptors (Lipinski definition) is 2. The zero-order valence-electron chi connectivity index (χ0n) is 9.46. The summed E-state index contributed by atoms with van der Waals surface area (Å²) in [6, 6.07) is 2.51. The van der Waals surface area contributed by atoms with Gasteiger partial charge in [-0.05, 0) is 25.0 Å². The number of hydrogen-bond donors (Lipinski definition) is 1. The Bertz CT molecular complexity index is 289. The van der Waals surface area contributed by atoms with Crippen LogP contribution in [0.3, 0.4) is 0 Å². The topological polar surface area (TPSA) is 24.9 Å². The lowest BCUT2D eigenvalue weighted by molar-refractivity contribution is 0.495. The molecule has 0 aliphatic rings. The van der Waals surface area contributed by atoms with Crippen molar-refractivity contribution in [2.24, 2.45) is 0 Å². The van der Waals surface area contributed by atoms with Crippen molar-refractivity contribution in [2.45, 2.75) is 45.7 Å². The second kappa shape index (κ2) is 6.81. The van der Waals surface area contributed by atoms with E-state index in [-0.39, 0.29) is 0 Å². The number of aromatic nitrogens is 1. The molecule has 0 aliphatic heterocycles. The van der Waals surface area contributed by atoms with Gasteiger partial charge in [-0.2, -0.15) is 0 Å². The largest absolute Gasteiger partial charge is 0.310 e. The van der Waals surface area contributed by atoms with Gasteiger partial charge >= 0.3 is 0 Å². The lowest BCUT2D eigenvalue weighted by atomic mass is 10.1. The summed E-state index contributed by atoms with van der Waals surface area (Å²) >= 11 is 6.01. The van der Waals surface area contributed by atoms with Gasteiger partial charge in [-0.1, -0.05) is 31.4 Å². The smallest absolute Gasteiger partial charge is 0.0634 e. The highest BCUT2D eigenvalue weighted by Crippen LogP contribution is 2.13. The molecule has 0 spiro atoms. The van der Waals surface area contributed by atoms with Gasteiger partial charge in [0, 0.05) is 25.0 Å². The van der Waals surface area contributed by atoms with Gasteiger partial charge in [0.2, 0.25) is 0 Å². The van der Waals surface area contributed by atoms with Crippen molar-refractivity contribution in [3.05, 3.63) is 29.0 Å². The molecule has 0 saturated carbocycles. The minimum atomic E-state index is 0.550. The monoisotopic (exact) mass is 226 g/mol. The molecule has 0 saturated heterocycles. The molecule has 15 heavy (non-hydrogen) atoms. The van der Waals surface area contributed by atoms with Crippen molar-refractivity contribution in [2.75, 3.05) is 0 Å². The predicted molar refractivity (Wildman–Crippen MR) is 65.1 cm³/mol. The van der Waals surface area contributed by atoms with Crippen LogP contribution >= 0.6 is 11.6 Å². The fourth-order valence-electron chi connectivity index (χ4n) is 1.44. The fourth-order valence-corrected chi connectivity index (χ4v) is 1.63. The van der Waals surface area contributed by atoms with Crippen molar-refractivity contribution < 1.29 is 0 Å². The van der Waals surface area contributed by atoms with E-state index in [1.165, 1.54) is 19.3 Å². The molecule has 1 atom stereocenters. The molecule has 0 aromatic carbocycles. The van der Waals surface area contributed by atoms with Gasteiger partial charge < -0.3 is 5.32 Å². The summed E-state index contributed by atoms with van der Waals surface area (Å²) < 4.78 is 0. The van der Waals surface area contributed by atoms with Gasteiger partial charge in [-0.15, -0.1) is 0 Å². The average molecular weight is 227 g/mol. The predicted octanol–water partition coefficient (Wildman–Crippen LogP) is 3.40. The van der Waals surface area contributed by atoms with E-state index < -0.39 is 0 Å². The van der Waals surface area contributed by atoms with Crippen molar-refractivity contribution in [1.82, 2.24) is 10.3 Å². The molecule has 1 unspecified atom stereocenters.